The van der Waals surface area contributed by atoms with Gasteiger partial charge in [0, 0.05) is 24.6 Å². The second-order valence-electron chi connectivity index (χ2n) is 7.30. The Bertz CT molecular complexity index is 1070. The zero-order valence-electron chi connectivity index (χ0n) is 16.6. The number of halogens is 2. The normalized spacial score (nSPS) is 14.5. The SMILES string of the molecule is CC(Oc1cccc(-c2nnc3n2CCCCC3)c1)C(=O)Nc1cc(F)ccc1F. The number of amides is 1. The predicted molar refractivity (Wildman–Crippen MR) is 108 cm³/mol. The van der Waals surface area contributed by atoms with Crippen molar-refractivity contribution in [3.05, 3.63) is 59.9 Å². The van der Waals surface area contributed by atoms with Crippen molar-refractivity contribution in [2.24, 2.45) is 0 Å². The Kier molecular flexibility index (Phi) is 5.74. The van der Waals surface area contributed by atoms with Gasteiger partial charge in [-0.1, -0.05) is 18.6 Å². The van der Waals surface area contributed by atoms with Crippen molar-refractivity contribution in [3.63, 3.8) is 0 Å². The molecule has 1 amide bonds. The summed E-state index contributed by atoms with van der Waals surface area (Å²) in [7, 11) is 0. The van der Waals surface area contributed by atoms with Gasteiger partial charge in [-0.15, -0.1) is 10.2 Å². The molecule has 0 radical (unpaired) electrons. The van der Waals surface area contributed by atoms with Crippen LogP contribution in [0.1, 0.15) is 32.0 Å². The van der Waals surface area contributed by atoms with Crippen molar-refractivity contribution >= 4 is 11.6 Å². The van der Waals surface area contributed by atoms with E-state index >= 15 is 0 Å². The predicted octanol–water partition coefficient (Wildman–Crippen LogP) is 4.36. The van der Waals surface area contributed by atoms with Crippen LogP contribution < -0.4 is 10.1 Å². The van der Waals surface area contributed by atoms with Gasteiger partial charge in [-0.3, -0.25) is 4.79 Å². The van der Waals surface area contributed by atoms with Crippen LogP contribution in [0, 0.1) is 11.6 Å². The molecule has 1 aliphatic heterocycles. The van der Waals surface area contributed by atoms with Crippen molar-refractivity contribution in [2.45, 2.75) is 45.3 Å². The highest BCUT2D eigenvalue weighted by Gasteiger charge is 2.19. The maximum Gasteiger partial charge on any atom is 0.265 e. The molecule has 0 saturated heterocycles. The number of aromatic nitrogens is 3. The van der Waals surface area contributed by atoms with Gasteiger partial charge in [0.25, 0.3) is 5.91 Å². The van der Waals surface area contributed by atoms with Crippen LogP contribution in [-0.4, -0.2) is 26.8 Å². The standard InChI is InChI=1S/C22H22F2N4O2/c1-14(22(29)25-19-13-16(23)9-10-18(19)24)30-17-7-5-6-15(12-17)21-27-26-20-8-3-2-4-11-28(20)21/h5-7,9-10,12-14H,2-4,8,11H2,1H3,(H,25,29). The Labute approximate surface area is 172 Å². The van der Waals surface area contributed by atoms with Gasteiger partial charge in [-0.2, -0.15) is 0 Å². The lowest BCUT2D eigenvalue weighted by atomic mass is 10.2. The summed E-state index contributed by atoms with van der Waals surface area (Å²) in [5.74, 6) is 0.295. The molecule has 1 unspecified atom stereocenters. The summed E-state index contributed by atoms with van der Waals surface area (Å²) in [6.45, 7) is 2.42. The Morgan fingerprint density at radius 1 is 1.13 bits per heavy atom. The first-order valence-corrected chi connectivity index (χ1v) is 9.96. The van der Waals surface area contributed by atoms with Crippen LogP contribution in [0.15, 0.2) is 42.5 Å². The van der Waals surface area contributed by atoms with Gasteiger partial charge in [-0.25, -0.2) is 8.78 Å². The molecule has 1 aliphatic rings. The number of carbonyl (C=O) groups excluding carboxylic acids is 1. The zero-order valence-corrected chi connectivity index (χ0v) is 16.6. The largest absolute Gasteiger partial charge is 0.481 e. The number of nitrogens with zero attached hydrogens (tertiary/aromatic N) is 3. The van der Waals surface area contributed by atoms with Crippen LogP contribution in [0.4, 0.5) is 14.5 Å². The third-order valence-electron chi connectivity index (χ3n) is 5.07. The van der Waals surface area contributed by atoms with E-state index < -0.39 is 23.6 Å². The summed E-state index contributed by atoms with van der Waals surface area (Å²) < 4.78 is 34.9. The second kappa shape index (κ2) is 8.61. The number of hydrogen-bond acceptors (Lipinski definition) is 4. The summed E-state index contributed by atoms with van der Waals surface area (Å²) in [6.07, 6.45) is 3.36. The molecule has 1 atom stereocenters. The molecule has 0 bridgehead atoms. The summed E-state index contributed by atoms with van der Waals surface area (Å²) in [4.78, 5) is 12.4. The van der Waals surface area contributed by atoms with E-state index in [0.717, 1.165) is 61.2 Å². The first-order chi connectivity index (χ1) is 14.5. The highest BCUT2D eigenvalue weighted by Crippen LogP contribution is 2.26. The number of rotatable bonds is 5. The van der Waals surface area contributed by atoms with Gasteiger partial charge in [0.05, 0.1) is 5.69 Å². The lowest BCUT2D eigenvalue weighted by molar-refractivity contribution is -0.122. The monoisotopic (exact) mass is 412 g/mol. The van der Waals surface area contributed by atoms with Gasteiger partial charge in [-0.05, 0) is 44.0 Å². The van der Waals surface area contributed by atoms with Crippen molar-refractivity contribution in [1.82, 2.24) is 14.8 Å². The highest BCUT2D eigenvalue weighted by atomic mass is 19.1. The first-order valence-electron chi connectivity index (χ1n) is 9.96. The molecule has 2 aromatic carbocycles. The lowest BCUT2D eigenvalue weighted by Crippen LogP contribution is -2.30. The smallest absolute Gasteiger partial charge is 0.265 e. The van der Waals surface area contributed by atoms with Gasteiger partial charge >= 0.3 is 0 Å². The van der Waals surface area contributed by atoms with Crippen LogP contribution in [0.3, 0.4) is 0 Å². The van der Waals surface area contributed by atoms with Crippen LogP contribution >= 0.6 is 0 Å². The van der Waals surface area contributed by atoms with E-state index in [0.29, 0.717) is 5.75 Å². The van der Waals surface area contributed by atoms with E-state index in [1.54, 1.807) is 19.1 Å². The van der Waals surface area contributed by atoms with E-state index in [4.69, 9.17) is 4.74 Å². The minimum atomic E-state index is -0.918. The molecular formula is C22H22F2N4O2. The van der Waals surface area contributed by atoms with Gasteiger partial charge in [0.1, 0.15) is 23.2 Å². The Hall–Kier alpha value is -3.29. The molecule has 4 rings (SSSR count). The van der Waals surface area contributed by atoms with E-state index in [2.05, 4.69) is 20.1 Å². The van der Waals surface area contributed by atoms with Gasteiger partial charge < -0.3 is 14.6 Å². The first kappa shape index (κ1) is 20.0. The van der Waals surface area contributed by atoms with Crippen LogP contribution in [0.5, 0.6) is 5.75 Å². The number of fused-ring (bicyclic) bond motifs is 1. The summed E-state index contributed by atoms with van der Waals surface area (Å²) >= 11 is 0. The third-order valence-corrected chi connectivity index (χ3v) is 5.07. The number of ether oxygens (including phenoxy) is 1. The van der Waals surface area contributed by atoms with Crippen molar-refractivity contribution < 1.29 is 18.3 Å². The minimum absolute atomic E-state index is 0.227. The van der Waals surface area contributed by atoms with Gasteiger partial charge in [0.15, 0.2) is 11.9 Å². The molecule has 6 nitrogen and oxygen atoms in total. The summed E-state index contributed by atoms with van der Waals surface area (Å²) in [6, 6.07) is 10.1. The topological polar surface area (TPSA) is 69.0 Å². The fourth-order valence-electron chi connectivity index (χ4n) is 3.49. The fourth-order valence-corrected chi connectivity index (χ4v) is 3.49. The Balaban J connectivity index is 1.49. The van der Waals surface area contributed by atoms with Crippen molar-refractivity contribution in [2.75, 3.05) is 5.32 Å². The highest BCUT2D eigenvalue weighted by molar-refractivity contribution is 5.94. The average molecular weight is 412 g/mol. The van der Waals surface area contributed by atoms with E-state index in [1.165, 1.54) is 6.42 Å². The number of aryl methyl sites for hydroxylation is 1. The van der Waals surface area contributed by atoms with Gasteiger partial charge in [0.2, 0.25) is 0 Å². The molecule has 1 N–H and O–H groups in total. The molecule has 2 heterocycles. The van der Waals surface area contributed by atoms with E-state index in [1.807, 2.05) is 12.1 Å². The third kappa shape index (κ3) is 4.32. The van der Waals surface area contributed by atoms with Crippen molar-refractivity contribution in [1.29, 1.82) is 0 Å². The molecule has 3 aromatic rings. The van der Waals surface area contributed by atoms with Crippen molar-refractivity contribution in [3.8, 4) is 17.1 Å². The molecule has 156 valence electrons. The van der Waals surface area contributed by atoms with E-state index in [9.17, 15) is 13.6 Å². The Morgan fingerprint density at radius 3 is 2.87 bits per heavy atom. The maximum atomic E-state index is 13.8. The maximum absolute atomic E-state index is 13.8. The number of benzene rings is 2. The molecule has 8 heteroatoms. The molecule has 30 heavy (non-hydrogen) atoms. The van der Waals surface area contributed by atoms with E-state index in [-0.39, 0.29) is 5.69 Å². The number of carbonyl (C=O) groups is 1. The minimum Gasteiger partial charge on any atom is -0.481 e. The fraction of sp³-hybridized carbons (Fsp3) is 0.318. The van der Waals surface area contributed by atoms with Crippen LogP contribution in [0.25, 0.3) is 11.4 Å². The number of nitrogens with one attached hydrogen (secondary N) is 1. The zero-order chi connectivity index (χ0) is 21.1. The molecule has 0 spiro atoms. The quantitative estimate of drug-likeness (QED) is 0.676. The molecule has 0 fully saturated rings. The summed E-state index contributed by atoms with van der Waals surface area (Å²) in [5, 5.41) is 11.0. The lowest BCUT2D eigenvalue weighted by Gasteiger charge is -2.16. The number of hydrogen-bond donors (Lipinski definition) is 1. The Morgan fingerprint density at radius 2 is 2.00 bits per heavy atom. The average Bonchev–Trinajstić information content (AvgIpc) is 2.99. The second-order valence-corrected chi connectivity index (χ2v) is 7.30. The summed E-state index contributed by atoms with van der Waals surface area (Å²) in [5.41, 5.74) is 0.618. The molecule has 0 aliphatic carbocycles. The molecule has 1 aromatic heterocycles. The molecular weight excluding hydrogens is 390 g/mol. The van der Waals surface area contributed by atoms with Crippen LogP contribution in [-0.2, 0) is 17.8 Å². The molecule has 0 saturated carbocycles. The number of anilines is 1. The van der Waals surface area contributed by atoms with Crippen LogP contribution in [0.2, 0.25) is 0 Å².